The number of aryl methyl sites for hydroxylation is 1. The fourth-order valence-electron chi connectivity index (χ4n) is 2.92. The van der Waals surface area contributed by atoms with Gasteiger partial charge in [-0.1, -0.05) is 44.2 Å². The van der Waals surface area contributed by atoms with Crippen molar-refractivity contribution in [3.05, 3.63) is 47.8 Å². The monoisotopic (exact) mass is 286 g/mol. The quantitative estimate of drug-likeness (QED) is 0.765. The number of hydrogen-bond donors (Lipinski definition) is 0. The van der Waals surface area contributed by atoms with Crippen molar-refractivity contribution in [1.82, 2.24) is 9.78 Å². The number of ether oxygens (including phenoxy) is 1. The lowest BCUT2D eigenvalue weighted by molar-refractivity contribution is 0.0859. The van der Waals surface area contributed by atoms with Gasteiger partial charge in [-0.2, -0.15) is 5.10 Å². The third-order valence-electron chi connectivity index (χ3n) is 4.31. The molecule has 0 spiro atoms. The standard InChI is InChI=1S/C17H22N2O2/c1-5-17(6-2,13-10-8-7-9-11-13)16(20)15-14(21-4)12-18-19(15)3/h7-12H,5-6H2,1-4H3. The van der Waals surface area contributed by atoms with Gasteiger partial charge in [0.05, 0.1) is 18.7 Å². The molecule has 0 aliphatic carbocycles. The zero-order valence-corrected chi connectivity index (χ0v) is 13.1. The molecule has 1 heterocycles. The first-order valence-corrected chi connectivity index (χ1v) is 7.27. The van der Waals surface area contributed by atoms with Gasteiger partial charge in [-0.25, -0.2) is 0 Å². The van der Waals surface area contributed by atoms with E-state index in [1.165, 1.54) is 0 Å². The number of benzene rings is 1. The number of hydrogen-bond acceptors (Lipinski definition) is 3. The molecule has 2 rings (SSSR count). The van der Waals surface area contributed by atoms with Crippen molar-refractivity contribution in [2.75, 3.05) is 7.11 Å². The van der Waals surface area contributed by atoms with E-state index in [2.05, 4.69) is 18.9 Å². The van der Waals surface area contributed by atoms with E-state index in [1.807, 2.05) is 30.3 Å². The summed E-state index contributed by atoms with van der Waals surface area (Å²) in [6.07, 6.45) is 3.07. The lowest BCUT2D eigenvalue weighted by atomic mass is 9.71. The number of Topliss-reactive ketones (excluding diaryl/α,β-unsaturated/α-hetero) is 1. The van der Waals surface area contributed by atoms with Crippen LogP contribution in [-0.4, -0.2) is 22.7 Å². The molecule has 0 aliphatic heterocycles. The van der Waals surface area contributed by atoms with Crippen LogP contribution in [0.3, 0.4) is 0 Å². The predicted molar refractivity (Wildman–Crippen MR) is 82.8 cm³/mol. The highest BCUT2D eigenvalue weighted by Gasteiger charge is 2.40. The maximum atomic E-state index is 13.3. The first-order chi connectivity index (χ1) is 10.1. The second kappa shape index (κ2) is 6.12. The van der Waals surface area contributed by atoms with Gasteiger partial charge in [0.25, 0.3) is 0 Å². The van der Waals surface area contributed by atoms with Crippen LogP contribution in [0.15, 0.2) is 36.5 Å². The lowest BCUT2D eigenvalue weighted by Crippen LogP contribution is -2.36. The molecular weight excluding hydrogens is 264 g/mol. The van der Waals surface area contributed by atoms with E-state index in [9.17, 15) is 4.79 Å². The third kappa shape index (κ3) is 2.46. The summed E-state index contributed by atoms with van der Waals surface area (Å²) in [4.78, 5) is 13.3. The predicted octanol–water partition coefficient (Wildman–Crippen LogP) is 3.37. The molecule has 0 bridgehead atoms. The van der Waals surface area contributed by atoms with Crippen LogP contribution in [0.2, 0.25) is 0 Å². The largest absolute Gasteiger partial charge is 0.493 e. The second-order valence-electron chi connectivity index (χ2n) is 5.17. The van der Waals surface area contributed by atoms with Crippen LogP contribution in [0.1, 0.15) is 42.7 Å². The maximum Gasteiger partial charge on any atom is 0.195 e. The zero-order chi connectivity index (χ0) is 15.5. The minimum absolute atomic E-state index is 0.0653. The highest BCUT2D eigenvalue weighted by atomic mass is 16.5. The van der Waals surface area contributed by atoms with Gasteiger partial charge in [0.15, 0.2) is 11.5 Å². The fraction of sp³-hybridized carbons (Fsp3) is 0.412. The summed E-state index contributed by atoms with van der Waals surface area (Å²) in [6.45, 7) is 4.11. The molecule has 112 valence electrons. The number of nitrogens with zero attached hydrogens (tertiary/aromatic N) is 2. The van der Waals surface area contributed by atoms with E-state index in [1.54, 1.807) is 25.0 Å². The van der Waals surface area contributed by atoms with E-state index in [0.29, 0.717) is 11.4 Å². The number of ketones is 1. The molecule has 1 aromatic heterocycles. The lowest BCUT2D eigenvalue weighted by Gasteiger charge is -2.31. The average molecular weight is 286 g/mol. The fourth-order valence-corrected chi connectivity index (χ4v) is 2.92. The van der Waals surface area contributed by atoms with Gasteiger partial charge in [0, 0.05) is 7.05 Å². The van der Waals surface area contributed by atoms with Gasteiger partial charge in [-0.3, -0.25) is 9.48 Å². The Morgan fingerprint density at radius 1 is 1.24 bits per heavy atom. The van der Waals surface area contributed by atoms with Crippen molar-refractivity contribution in [1.29, 1.82) is 0 Å². The van der Waals surface area contributed by atoms with E-state index in [0.717, 1.165) is 18.4 Å². The van der Waals surface area contributed by atoms with Gasteiger partial charge in [0.2, 0.25) is 0 Å². The molecule has 0 radical (unpaired) electrons. The molecule has 1 aromatic carbocycles. The van der Waals surface area contributed by atoms with Crippen molar-refractivity contribution in [2.45, 2.75) is 32.1 Å². The van der Waals surface area contributed by atoms with Gasteiger partial charge in [-0.05, 0) is 18.4 Å². The van der Waals surface area contributed by atoms with E-state index < -0.39 is 5.41 Å². The molecule has 0 fully saturated rings. The number of carbonyl (C=O) groups excluding carboxylic acids is 1. The second-order valence-corrected chi connectivity index (χ2v) is 5.17. The first kappa shape index (κ1) is 15.3. The Kier molecular flexibility index (Phi) is 4.46. The summed E-state index contributed by atoms with van der Waals surface area (Å²) in [5.41, 5.74) is 1.04. The van der Waals surface area contributed by atoms with Crippen LogP contribution >= 0.6 is 0 Å². The Labute approximate surface area is 125 Å². The van der Waals surface area contributed by atoms with Crippen LogP contribution in [0, 0.1) is 0 Å². The Morgan fingerprint density at radius 2 is 1.86 bits per heavy atom. The number of carbonyl (C=O) groups is 1. The van der Waals surface area contributed by atoms with Crippen LogP contribution < -0.4 is 4.74 Å². The molecule has 0 atom stereocenters. The molecule has 21 heavy (non-hydrogen) atoms. The van der Waals surface area contributed by atoms with Gasteiger partial charge in [-0.15, -0.1) is 0 Å². The topological polar surface area (TPSA) is 44.1 Å². The molecule has 0 amide bonds. The highest BCUT2D eigenvalue weighted by molar-refractivity contribution is 6.04. The molecule has 4 heteroatoms. The van der Waals surface area contributed by atoms with E-state index >= 15 is 0 Å². The van der Waals surface area contributed by atoms with Crippen molar-refractivity contribution in [3.63, 3.8) is 0 Å². The first-order valence-electron chi connectivity index (χ1n) is 7.27. The summed E-state index contributed by atoms with van der Waals surface area (Å²) in [6, 6.07) is 9.96. The summed E-state index contributed by atoms with van der Waals surface area (Å²) in [7, 11) is 3.34. The molecule has 4 nitrogen and oxygen atoms in total. The summed E-state index contributed by atoms with van der Waals surface area (Å²) in [5.74, 6) is 0.597. The van der Waals surface area contributed by atoms with Crippen molar-refractivity contribution in [2.24, 2.45) is 7.05 Å². The van der Waals surface area contributed by atoms with Crippen LogP contribution in [-0.2, 0) is 12.5 Å². The number of rotatable bonds is 6. The van der Waals surface area contributed by atoms with Crippen molar-refractivity contribution in [3.8, 4) is 5.75 Å². The molecule has 0 saturated carbocycles. The Bertz CT molecular complexity index is 613. The van der Waals surface area contributed by atoms with Crippen LogP contribution in [0.4, 0.5) is 0 Å². The molecule has 0 aliphatic rings. The third-order valence-corrected chi connectivity index (χ3v) is 4.31. The smallest absolute Gasteiger partial charge is 0.195 e. The molecular formula is C17H22N2O2. The number of methoxy groups -OCH3 is 1. The minimum Gasteiger partial charge on any atom is -0.493 e. The molecule has 2 aromatic rings. The zero-order valence-electron chi connectivity index (χ0n) is 13.1. The van der Waals surface area contributed by atoms with Crippen molar-refractivity contribution >= 4 is 5.78 Å². The summed E-state index contributed by atoms with van der Waals surface area (Å²) in [5, 5.41) is 4.16. The van der Waals surface area contributed by atoms with Crippen LogP contribution in [0.25, 0.3) is 0 Å². The van der Waals surface area contributed by atoms with Crippen molar-refractivity contribution < 1.29 is 9.53 Å². The average Bonchev–Trinajstić information content (AvgIpc) is 2.90. The normalized spacial score (nSPS) is 11.4. The summed E-state index contributed by atoms with van der Waals surface area (Å²) < 4.78 is 6.90. The minimum atomic E-state index is -0.539. The summed E-state index contributed by atoms with van der Waals surface area (Å²) >= 11 is 0. The molecule has 0 unspecified atom stereocenters. The van der Waals surface area contributed by atoms with E-state index in [4.69, 9.17) is 4.74 Å². The van der Waals surface area contributed by atoms with Gasteiger partial charge in [0.1, 0.15) is 5.69 Å². The molecule has 0 N–H and O–H groups in total. The Hall–Kier alpha value is -2.10. The van der Waals surface area contributed by atoms with Crippen LogP contribution in [0.5, 0.6) is 5.75 Å². The van der Waals surface area contributed by atoms with Gasteiger partial charge >= 0.3 is 0 Å². The maximum absolute atomic E-state index is 13.3. The SMILES string of the molecule is CCC(CC)(C(=O)c1c(OC)cnn1C)c1ccccc1. The Balaban J connectivity index is 2.58. The van der Waals surface area contributed by atoms with Gasteiger partial charge < -0.3 is 4.74 Å². The number of aromatic nitrogens is 2. The Morgan fingerprint density at radius 3 is 2.38 bits per heavy atom. The highest BCUT2D eigenvalue weighted by Crippen LogP contribution is 2.37. The van der Waals surface area contributed by atoms with E-state index in [-0.39, 0.29) is 5.78 Å². The molecule has 0 saturated heterocycles.